The first-order chi connectivity index (χ1) is 8.27. The van der Waals surface area contributed by atoms with Gasteiger partial charge in [-0.2, -0.15) is 5.10 Å². The van der Waals surface area contributed by atoms with Crippen LogP contribution in [-0.2, 0) is 6.54 Å². The van der Waals surface area contributed by atoms with Crippen molar-refractivity contribution < 1.29 is 9.84 Å². The molecule has 1 aliphatic carbocycles. The summed E-state index contributed by atoms with van der Waals surface area (Å²) in [6, 6.07) is 0. The van der Waals surface area contributed by atoms with Crippen molar-refractivity contribution >= 4 is 0 Å². The maximum absolute atomic E-state index is 10.5. The fourth-order valence-corrected chi connectivity index (χ4v) is 2.72. The monoisotopic (exact) mass is 238 g/mol. The summed E-state index contributed by atoms with van der Waals surface area (Å²) in [6.07, 6.45) is 6.97. The van der Waals surface area contributed by atoms with Gasteiger partial charge in [-0.1, -0.05) is 19.8 Å². The molecule has 96 valence electrons. The van der Waals surface area contributed by atoms with E-state index in [1.807, 2.05) is 4.68 Å². The fourth-order valence-electron chi connectivity index (χ4n) is 2.72. The molecule has 0 saturated heterocycles. The zero-order chi connectivity index (χ0) is 12.3. The van der Waals surface area contributed by atoms with Gasteiger partial charge < -0.3 is 9.84 Å². The lowest BCUT2D eigenvalue weighted by molar-refractivity contribution is 0.0989. The Hall–Kier alpha value is -1.03. The molecule has 1 aromatic heterocycles. The molecule has 1 fully saturated rings. The van der Waals surface area contributed by atoms with Gasteiger partial charge in [-0.25, -0.2) is 0 Å². The molecule has 4 nitrogen and oxygen atoms in total. The average molecular weight is 238 g/mol. The van der Waals surface area contributed by atoms with E-state index in [0.717, 1.165) is 37.3 Å². The molecule has 1 atom stereocenters. The Kier molecular flexibility index (Phi) is 4.05. The van der Waals surface area contributed by atoms with Crippen LogP contribution >= 0.6 is 0 Å². The Balaban J connectivity index is 2.23. The van der Waals surface area contributed by atoms with Gasteiger partial charge in [-0.05, 0) is 25.2 Å². The van der Waals surface area contributed by atoms with E-state index in [-0.39, 0.29) is 0 Å². The van der Waals surface area contributed by atoms with Crippen molar-refractivity contribution in [3.63, 3.8) is 0 Å². The van der Waals surface area contributed by atoms with Crippen LogP contribution in [0.15, 0.2) is 6.20 Å². The molecule has 0 radical (unpaired) electrons. The number of aliphatic hydroxyl groups excluding tert-OH is 1. The van der Waals surface area contributed by atoms with Crippen molar-refractivity contribution in [3.05, 3.63) is 11.9 Å². The largest absolute Gasteiger partial charge is 0.493 e. The van der Waals surface area contributed by atoms with Crippen LogP contribution in [0.5, 0.6) is 5.75 Å². The van der Waals surface area contributed by atoms with Gasteiger partial charge in [0.2, 0.25) is 0 Å². The summed E-state index contributed by atoms with van der Waals surface area (Å²) in [6.45, 7) is 2.95. The molecule has 17 heavy (non-hydrogen) atoms. The summed E-state index contributed by atoms with van der Waals surface area (Å²) < 4.78 is 7.20. The van der Waals surface area contributed by atoms with Gasteiger partial charge in [0.15, 0.2) is 5.75 Å². The minimum atomic E-state index is -0.429. The number of ether oxygens (including phenoxy) is 1. The molecule has 1 heterocycles. The second kappa shape index (κ2) is 5.54. The van der Waals surface area contributed by atoms with Crippen molar-refractivity contribution in [1.29, 1.82) is 0 Å². The topological polar surface area (TPSA) is 47.3 Å². The van der Waals surface area contributed by atoms with Gasteiger partial charge in [0.05, 0.1) is 13.3 Å². The van der Waals surface area contributed by atoms with E-state index >= 15 is 0 Å². The van der Waals surface area contributed by atoms with Crippen LogP contribution in [-0.4, -0.2) is 22.0 Å². The third kappa shape index (κ3) is 2.46. The molecule has 0 bridgehead atoms. The molecule has 1 aromatic rings. The second-order valence-electron chi connectivity index (χ2n) is 4.81. The molecule has 1 N–H and O–H groups in total. The van der Waals surface area contributed by atoms with Crippen LogP contribution < -0.4 is 4.74 Å². The first kappa shape index (κ1) is 12.4. The standard InChI is InChI=1S/C13H22N2O2/c1-3-8-15-12(11(17-2)9-14-15)13(16)10-6-4-5-7-10/h9-10,13,16H,3-8H2,1-2H3. The van der Waals surface area contributed by atoms with Crippen molar-refractivity contribution in [2.24, 2.45) is 5.92 Å². The average Bonchev–Trinajstić information content (AvgIpc) is 2.97. The van der Waals surface area contributed by atoms with E-state index in [1.54, 1.807) is 13.3 Å². The van der Waals surface area contributed by atoms with Crippen molar-refractivity contribution in [1.82, 2.24) is 9.78 Å². The number of rotatable bonds is 5. The summed E-state index contributed by atoms with van der Waals surface area (Å²) in [7, 11) is 1.64. The molecular formula is C13H22N2O2. The van der Waals surface area contributed by atoms with Crippen LogP contribution in [0.4, 0.5) is 0 Å². The molecule has 1 saturated carbocycles. The van der Waals surface area contributed by atoms with E-state index in [1.165, 1.54) is 12.8 Å². The van der Waals surface area contributed by atoms with Crippen LogP contribution in [0.3, 0.4) is 0 Å². The minimum absolute atomic E-state index is 0.371. The van der Waals surface area contributed by atoms with Gasteiger partial charge in [-0.3, -0.25) is 4.68 Å². The zero-order valence-electron chi connectivity index (χ0n) is 10.7. The van der Waals surface area contributed by atoms with E-state index in [2.05, 4.69) is 12.0 Å². The lowest BCUT2D eigenvalue weighted by atomic mass is 9.98. The number of methoxy groups -OCH3 is 1. The number of hydrogen-bond donors (Lipinski definition) is 1. The minimum Gasteiger partial charge on any atom is -0.493 e. The molecule has 0 amide bonds. The highest BCUT2D eigenvalue weighted by Gasteiger charge is 2.29. The van der Waals surface area contributed by atoms with Crippen molar-refractivity contribution in [3.8, 4) is 5.75 Å². The highest BCUT2D eigenvalue weighted by molar-refractivity contribution is 5.27. The molecular weight excluding hydrogens is 216 g/mol. The molecule has 4 heteroatoms. The number of aromatic nitrogens is 2. The highest BCUT2D eigenvalue weighted by Crippen LogP contribution is 2.38. The number of nitrogens with zero attached hydrogens (tertiary/aromatic N) is 2. The third-order valence-electron chi connectivity index (χ3n) is 3.63. The Morgan fingerprint density at radius 3 is 2.82 bits per heavy atom. The van der Waals surface area contributed by atoms with Crippen LogP contribution in [0.2, 0.25) is 0 Å². The van der Waals surface area contributed by atoms with Gasteiger partial charge in [-0.15, -0.1) is 0 Å². The van der Waals surface area contributed by atoms with E-state index in [4.69, 9.17) is 4.74 Å². The maximum atomic E-state index is 10.5. The molecule has 1 aliphatic rings. The van der Waals surface area contributed by atoms with Crippen molar-refractivity contribution in [2.45, 2.75) is 51.7 Å². The Bertz CT molecular complexity index is 356. The first-order valence-corrected chi connectivity index (χ1v) is 6.55. The summed E-state index contributed by atoms with van der Waals surface area (Å²) >= 11 is 0. The number of hydrogen-bond acceptors (Lipinski definition) is 3. The number of aliphatic hydroxyl groups is 1. The fraction of sp³-hybridized carbons (Fsp3) is 0.769. The number of aryl methyl sites for hydroxylation is 1. The third-order valence-corrected chi connectivity index (χ3v) is 3.63. The maximum Gasteiger partial charge on any atom is 0.162 e. The quantitative estimate of drug-likeness (QED) is 0.857. The predicted octanol–water partition coefficient (Wildman–Crippen LogP) is 2.53. The second-order valence-corrected chi connectivity index (χ2v) is 4.81. The SMILES string of the molecule is CCCn1ncc(OC)c1C(O)C1CCCC1. The highest BCUT2D eigenvalue weighted by atomic mass is 16.5. The molecule has 2 rings (SSSR count). The van der Waals surface area contributed by atoms with E-state index in [9.17, 15) is 5.11 Å². The normalized spacial score (nSPS) is 18.5. The molecule has 0 aromatic carbocycles. The smallest absolute Gasteiger partial charge is 0.162 e. The molecule has 0 aliphatic heterocycles. The lowest BCUT2D eigenvalue weighted by Crippen LogP contribution is -2.16. The van der Waals surface area contributed by atoms with Crippen LogP contribution in [0, 0.1) is 5.92 Å². The zero-order valence-corrected chi connectivity index (χ0v) is 10.7. The molecule has 0 spiro atoms. The Morgan fingerprint density at radius 1 is 1.53 bits per heavy atom. The summed E-state index contributed by atoms with van der Waals surface area (Å²) in [4.78, 5) is 0. The van der Waals surface area contributed by atoms with Gasteiger partial charge in [0.25, 0.3) is 0 Å². The van der Waals surface area contributed by atoms with Crippen LogP contribution in [0.25, 0.3) is 0 Å². The Morgan fingerprint density at radius 2 is 2.24 bits per heavy atom. The lowest BCUT2D eigenvalue weighted by Gasteiger charge is -2.20. The summed E-state index contributed by atoms with van der Waals surface area (Å²) in [5.74, 6) is 1.09. The van der Waals surface area contributed by atoms with E-state index < -0.39 is 6.10 Å². The first-order valence-electron chi connectivity index (χ1n) is 6.55. The van der Waals surface area contributed by atoms with Gasteiger partial charge >= 0.3 is 0 Å². The summed E-state index contributed by atoms with van der Waals surface area (Å²) in [5.41, 5.74) is 0.862. The molecule has 1 unspecified atom stereocenters. The van der Waals surface area contributed by atoms with Gasteiger partial charge in [0, 0.05) is 6.54 Å². The van der Waals surface area contributed by atoms with E-state index in [0.29, 0.717) is 5.92 Å². The van der Waals surface area contributed by atoms with Crippen LogP contribution in [0.1, 0.15) is 50.8 Å². The van der Waals surface area contributed by atoms with Crippen molar-refractivity contribution in [2.75, 3.05) is 7.11 Å². The Labute approximate surface area is 103 Å². The predicted molar refractivity (Wildman–Crippen MR) is 66.0 cm³/mol. The van der Waals surface area contributed by atoms with Gasteiger partial charge in [0.1, 0.15) is 11.8 Å². The summed E-state index contributed by atoms with van der Waals surface area (Å²) in [5, 5.41) is 14.8.